The van der Waals surface area contributed by atoms with E-state index in [1.54, 1.807) is 4.68 Å². The molecule has 1 aliphatic heterocycles. The Hall–Kier alpha value is -3.71. The van der Waals surface area contributed by atoms with Gasteiger partial charge < -0.3 is 19.1 Å². The molecular formula is C27H28ClN5O2. The van der Waals surface area contributed by atoms with Crippen LogP contribution in [0.5, 0.6) is 5.75 Å². The van der Waals surface area contributed by atoms with Crippen molar-refractivity contribution in [2.75, 3.05) is 37.7 Å². The Morgan fingerprint density at radius 2 is 1.74 bits per heavy atom. The number of carbonyl (C=O) groups is 1. The number of rotatable bonds is 6. The molecule has 5 rings (SSSR count). The standard InChI is InChI=1S/C27H28ClN5O2/c1-3-35-26-9-5-4-7-24(26)31-15-17-32(18-16-31)27(34)25-19-22(23-8-6-14-30(23)2)29-33(25)21-12-10-20(28)11-13-21/h4-14,19H,3,15-18H2,1-2H3. The molecule has 0 N–H and O–H groups in total. The Morgan fingerprint density at radius 3 is 2.43 bits per heavy atom. The molecule has 0 atom stereocenters. The highest BCUT2D eigenvalue weighted by Crippen LogP contribution is 2.29. The quantitative estimate of drug-likeness (QED) is 0.387. The fourth-order valence-electron chi connectivity index (χ4n) is 4.47. The lowest BCUT2D eigenvalue weighted by molar-refractivity contribution is 0.0737. The van der Waals surface area contributed by atoms with E-state index < -0.39 is 0 Å². The molecule has 2 aromatic heterocycles. The van der Waals surface area contributed by atoms with Crippen LogP contribution in [0.4, 0.5) is 5.69 Å². The summed E-state index contributed by atoms with van der Waals surface area (Å²) >= 11 is 6.10. The summed E-state index contributed by atoms with van der Waals surface area (Å²) in [5, 5.41) is 5.44. The maximum Gasteiger partial charge on any atom is 0.272 e. The van der Waals surface area contributed by atoms with Crippen LogP contribution in [-0.2, 0) is 7.05 Å². The van der Waals surface area contributed by atoms with Crippen molar-refractivity contribution in [3.63, 3.8) is 0 Å². The number of halogens is 1. The van der Waals surface area contributed by atoms with E-state index in [0.29, 0.717) is 30.4 Å². The summed E-state index contributed by atoms with van der Waals surface area (Å²) in [5.41, 5.74) is 4.09. The molecule has 0 bridgehead atoms. The Morgan fingerprint density at radius 1 is 1.00 bits per heavy atom. The first kappa shape index (κ1) is 23.1. The number of hydrogen-bond acceptors (Lipinski definition) is 4. The van der Waals surface area contributed by atoms with Crippen LogP contribution in [0.1, 0.15) is 17.4 Å². The molecule has 35 heavy (non-hydrogen) atoms. The second kappa shape index (κ2) is 9.88. The van der Waals surface area contributed by atoms with Gasteiger partial charge >= 0.3 is 0 Å². The van der Waals surface area contributed by atoms with E-state index in [1.165, 1.54) is 0 Å². The van der Waals surface area contributed by atoms with Crippen molar-refractivity contribution in [2.24, 2.45) is 7.05 Å². The molecule has 7 nitrogen and oxygen atoms in total. The summed E-state index contributed by atoms with van der Waals surface area (Å²) in [6.07, 6.45) is 1.97. The minimum Gasteiger partial charge on any atom is -0.492 e. The highest BCUT2D eigenvalue weighted by atomic mass is 35.5. The van der Waals surface area contributed by atoms with Gasteiger partial charge in [0.15, 0.2) is 0 Å². The van der Waals surface area contributed by atoms with Crippen molar-refractivity contribution in [1.29, 1.82) is 0 Å². The van der Waals surface area contributed by atoms with Gasteiger partial charge in [0.2, 0.25) is 0 Å². The number of benzene rings is 2. The first-order valence-electron chi connectivity index (χ1n) is 11.8. The van der Waals surface area contributed by atoms with E-state index in [1.807, 2.05) is 90.3 Å². The maximum absolute atomic E-state index is 13.7. The molecule has 0 aliphatic carbocycles. The third-order valence-electron chi connectivity index (χ3n) is 6.28. The first-order chi connectivity index (χ1) is 17.0. The summed E-state index contributed by atoms with van der Waals surface area (Å²) in [5.74, 6) is 0.841. The lowest BCUT2D eigenvalue weighted by atomic mass is 10.2. The van der Waals surface area contributed by atoms with Crippen molar-refractivity contribution >= 4 is 23.2 Å². The fraction of sp³-hybridized carbons (Fsp3) is 0.259. The summed E-state index contributed by atoms with van der Waals surface area (Å²) in [6, 6.07) is 21.3. The molecule has 1 amide bonds. The Bertz CT molecular complexity index is 1320. The number of para-hydroxylation sites is 2. The van der Waals surface area contributed by atoms with Crippen molar-refractivity contribution in [3.8, 4) is 22.8 Å². The topological polar surface area (TPSA) is 55.5 Å². The Kier molecular flexibility index (Phi) is 6.51. The maximum atomic E-state index is 13.7. The molecule has 1 fully saturated rings. The van der Waals surface area contributed by atoms with Gasteiger partial charge in [-0.3, -0.25) is 4.79 Å². The van der Waals surface area contributed by atoms with Crippen LogP contribution >= 0.6 is 11.6 Å². The highest BCUT2D eigenvalue weighted by Gasteiger charge is 2.27. The molecule has 3 heterocycles. The van der Waals surface area contributed by atoms with E-state index in [-0.39, 0.29) is 5.91 Å². The number of amides is 1. The molecular weight excluding hydrogens is 462 g/mol. The number of aryl methyl sites for hydroxylation is 1. The molecule has 0 unspecified atom stereocenters. The predicted octanol–water partition coefficient (Wildman–Crippen LogP) is 4.89. The van der Waals surface area contributed by atoms with E-state index in [0.717, 1.165) is 41.6 Å². The first-order valence-corrected chi connectivity index (χ1v) is 12.2. The van der Waals surface area contributed by atoms with Crippen LogP contribution in [0.15, 0.2) is 72.9 Å². The fourth-order valence-corrected chi connectivity index (χ4v) is 4.60. The van der Waals surface area contributed by atoms with Crippen molar-refractivity contribution < 1.29 is 9.53 Å². The van der Waals surface area contributed by atoms with Gasteiger partial charge in [0, 0.05) is 44.4 Å². The molecule has 180 valence electrons. The van der Waals surface area contributed by atoms with Gasteiger partial charge in [-0.15, -0.1) is 0 Å². The third kappa shape index (κ3) is 4.64. The smallest absolute Gasteiger partial charge is 0.272 e. The summed E-state index contributed by atoms with van der Waals surface area (Å²) in [6.45, 7) is 5.30. The molecule has 2 aromatic carbocycles. The van der Waals surface area contributed by atoms with E-state index in [4.69, 9.17) is 21.4 Å². The number of anilines is 1. The molecule has 1 saturated heterocycles. The molecule has 0 radical (unpaired) electrons. The van der Waals surface area contributed by atoms with Crippen LogP contribution < -0.4 is 9.64 Å². The second-order valence-corrected chi connectivity index (χ2v) is 8.92. The van der Waals surface area contributed by atoms with Crippen LogP contribution in [0.3, 0.4) is 0 Å². The largest absolute Gasteiger partial charge is 0.492 e. The highest BCUT2D eigenvalue weighted by molar-refractivity contribution is 6.30. The zero-order valence-corrected chi connectivity index (χ0v) is 20.7. The molecule has 0 saturated carbocycles. The summed E-state index contributed by atoms with van der Waals surface area (Å²) < 4.78 is 9.53. The Balaban J connectivity index is 1.41. The Labute approximate surface area is 210 Å². The number of carbonyl (C=O) groups excluding carboxylic acids is 1. The predicted molar refractivity (Wildman–Crippen MR) is 139 cm³/mol. The number of ether oxygens (including phenoxy) is 1. The van der Waals surface area contributed by atoms with E-state index >= 15 is 0 Å². The van der Waals surface area contributed by atoms with Gasteiger partial charge in [-0.2, -0.15) is 5.10 Å². The summed E-state index contributed by atoms with van der Waals surface area (Å²) in [4.78, 5) is 17.9. The molecule has 0 spiro atoms. The number of hydrogen-bond donors (Lipinski definition) is 0. The minimum absolute atomic E-state index is 0.0364. The monoisotopic (exact) mass is 489 g/mol. The van der Waals surface area contributed by atoms with Gasteiger partial charge in [-0.25, -0.2) is 4.68 Å². The van der Waals surface area contributed by atoms with E-state index in [2.05, 4.69) is 11.0 Å². The second-order valence-electron chi connectivity index (χ2n) is 8.49. The van der Waals surface area contributed by atoms with Gasteiger partial charge in [0.25, 0.3) is 5.91 Å². The normalized spacial score (nSPS) is 13.8. The minimum atomic E-state index is -0.0364. The van der Waals surface area contributed by atoms with Gasteiger partial charge in [-0.1, -0.05) is 23.7 Å². The van der Waals surface area contributed by atoms with Crippen LogP contribution in [0.2, 0.25) is 5.02 Å². The van der Waals surface area contributed by atoms with Crippen LogP contribution in [-0.4, -0.2) is 57.9 Å². The third-order valence-corrected chi connectivity index (χ3v) is 6.53. The van der Waals surface area contributed by atoms with Crippen molar-refractivity contribution in [1.82, 2.24) is 19.2 Å². The lowest BCUT2D eigenvalue weighted by Gasteiger charge is -2.36. The van der Waals surface area contributed by atoms with Crippen LogP contribution in [0, 0.1) is 0 Å². The molecule has 8 heteroatoms. The average Bonchev–Trinajstić information content (AvgIpc) is 3.51. The van der Waals surface area contributed by atoms with Gasteiger partial charge in [-0.05, 0) is 61.5 Å². The zero-order chi connectivity index (χ0) is 24.4. The summed E-state index contributed by atoms with van der Waals surface area (Å²) in [7, 11) is 1.97. The number of piperazine rings is 1. The van der Waals surface area contributed by atoms with Crippen LogP contribution in [0.25, 0.3) is 17.1 Å². The van der Waals surface area contributed by atoms with Crippen molar-refractivity contribution in [3.05, 3.63) is 83.6 Å². The lowest BCUT2D eigenvalue weighted by Crippen LogP contribution is -2.49. The zero-order valence-electron chi connectivity index (χ0n) is 19.9. The van der Waals surface area contributed by atoms with Gasteiger partial charge in [0.1, 0.15) is 17.1 Å². The van der Waals surface area contributed by atoms with E-state index in [9.17, 15) is 4.79 Å². The van der Waals surface area contributed by atoms with Gasteiger partial charge in [0.05, 0.1) is 23.7 Å². The number of aromatic nitrogens is 3. The molecule has 4 aromatic rings. The SMILES string of the molecule is CCOc1ccccc1N1CCN(C(=O)c2cc(-c3cccn3C)nn2-c2ccc(Cl)cc2)CC1. The molecule has 1 aliphatic rings. The number of nitrogens with zero attached hydrogens (tertiary/aromatic N) is 5. The van der Waals surface area contributed by atoms with Crippen molar-refractivity contribution in [2.45, 2.75) is 6.92 Å². The average molecular weight is 490 g/mol.